The summed E-state index contributed by atoms with van der Waals surface area (Å²) < 4.78 is 12.9. The summed E-state index contributed by atoms with van der Waals surface area (Å²) in [6, 6.07) is 5.85. The predicted octanol–water partition coefficient (Wildman–Crippen LogP) is 2.24. The van der Waals surface area contributed by atoms with Gasteiger partial charge >= 0.3 is 0 Å². The molecule has 6 heteroatoms. The summed E-state index contributed by atoms with van der Waals surface area (Å²) >= 11 is 0. The fraction of sp³-hybridized carbons (Fsp3) is 0.556. The highest BCUT2D eigenvalue weighted by Gasteiger charge is 2.16. The van der Waals surface area contributed by atoms with Crippen molar-refractivity contribution in [2.24, 2.45) is 0 Å². The molecule has 1 aromatic carbocycles. The van der Waals surface area contributed by atoms with Crippen LogP contribution in [0.15, 0.2) is 24.3 Å². The van der Waals surface area contributed by atoms with Crippen molar-refractivity contribution in [2.75, 3.05) is 26.2 Å². The molecule has 0 heterocycles. The zero-order valence-corrected chi connectivity index (χ0v) is 14.8. The van der Waals surface area contributed by atoms with Gasteiger partial charge in [-0.15, -0.1) is 0 Å². The molecule has 0 aliphatic rings. The Balaban J connectivity index is 2.51. The van der Waals surface area contributed by atoms with E-state index >= 15 is 0 Å². The van der Waals surface area contributed by atoms with Crippen molar-refractivity contribution in [1.82, 2.24) is 15.5 Å². The van der Waals surface area contributed by atoms with Gasteiger partial charge in [-0.25, -0.2) is 4.39 Å². The Hall–Kier alpha value is -1.95. The molecular formula is C18H28FN3O2. The molecule has 24 heavy (non-hydrogen) atoms. The highest BCUT2D eigenvalue weighted by molar-refractivity contribution is 5.81. The highest BCUT2D eigenvalue weighted by atomic mass is 19.1. The number of nitrogens with zero attached hydrogens (tertiary/aromatic N) is 1. The van der Waals surface area contributed by atoms with Gasteiger partial charge in [0.2, 0.25) is 11.8 Å². The number of rotatable bonds is 10. The molecule has 134 valence electrons. The largest absolute Gasteiger partial charge is 0.355 e. The Morgan fingerprint density at radius 2 is 1.71 bits per heavy atom. The lowest BCUT2D eigenvalue weighted by molar-refractivity contribution is -0.125. The number of benzene rings is 1. The minimum atomic E-state index is -0.301. The van der Waals surface area contributed by atoms with E-state index in [1.165, 1.54) is 12.1 Å². The molecule has 0 saturated heterocycles. The van der Waals surface area contributed by atoms with Crippen LogP contribution in [0.4, 0.5) is 4.39 Å². The van der Waals surface area contributed by atoms with E-state index < -0.39 is 0 Å². The van der Waals surface area contributed by atoms with Crippen molar-refractivity contribution in [1.29, 1.82) is 0 Å². The number of hydrogen-bond acceptors (Lipinski definition) is 3. The summed E-state index contributed by atoms with van der Waals surface area (Å²) in [7, 11) is 0. The van der Waals surface area contributed by atoms with Gasteiger partial charge in [-0.05, 0) is 44.0 Å². The molecule has 0 bridgehead atoms. The second-order valence-corrected chi connectivity index (χ2v) is 5.90. The Bertz CT molecular complexity index is 520. The normalized spacial score (nSPS) is 12.0. The van der Waals surface area contributed by atoms with Gasteiger partial charge in [0.15, 0.2) is 0 Å². The molecule has 0 aromatic heterocycles. The molecule has 1 aromatic rings. The molecule has 0 radical (unpaired) electrons. The average molecular weight is 337 g/mol. The fourth-order valence-electron chi connectivity index (χ4n) is 2.38. The summed E-state index contributed by atoms with van der Waals surface area (Å²) in [4.78, 5) is 25.9. The minimum absolute atomic E-state index is 0.0651. The van der Waals surface area contributed by atoms with Crippen molar-refractivity contribution in [2.45, 2.75) is 39.7 Å². The number of halogens is 1. The van der Waals surface area contributed by atoms with E-state index in [0.717, 1.165) is 18.4 Å². The smallest absolute Gasteiger partial charge is 0.234 e. The lowest BCUT2D eigenvalue weighted by Crippen LogP contribution is -2.43. The van der Waals surface area contributed by atoms with Crippen LogP contribution >= 0.6 is 0 Å². The van der Waals surface area contributed by atoms with Gasteiger partial charge in [-0.2, -0.15) is 0 Å². The molecular weight excluding hydrogens is 309 g/mol. The van der Waals surface area contributed by atoms with Gasteiger partial charge in [-0.3, -0.25) is 14.5 Å². The SMILES string of the molecule is CCCNC(=O)CN(CCC)CC(=O)NC(C)c1ccc(F)cc1. The quantitative estimate of drug-likeness (QED) is 0.688. The summed E-state index contributed by atoms with van der Waals surface area (Å²) in [6.45, 7) is 7.56. The first kappa shape index (κ1) is 20.1. The van der Waals surface area contributed by atoms with E-state index in [2.05, 4.69) is 10.6 Å². The Morgan fingerprint density at radius 3 is 2.29 bits per heavy atom. The molecule has 0 fully saturated rings. The maximum absolute atomic E-state index is 12.9. The molecule has 0 aliphatic heterocycles. The van der Waals surface area contributed by atoms with Crippen molar-refractivity contribution in [3.63, 3.8) is 0 Å². The van der Waals surface area contributed by atoms with Crippen LogP contribution < -0.4 is 10.6 Å². The summed E-state index contributed by atoms with van der Waals surface area (Å²) in [5, 5.41) is 5.70. The molecule has 1 rings (SSSR count). The van der Waals surface area contributed by atoms with Crippen LogP contribution in [0.5, 0.6) is 0 Å². The molecule has 5 nitrogen and oxygen atoms in total. The van der Waals surface area contributed by atoms with Crippen LogP contribution in [0.3, 0.4) is 0 Å². The fourth-order valence-corrected chi connectivity index (χ4v) is 2.38. The average Bonchev–Trinajstić information content (AvgIpc) is 2.53. The first-order chi connectivity index (χ1) is 11.5. The van der Waals surface area contributed by atoms with Crippen molar-refractivity contribution in [3.8, 4) is 0 Å². The molecule has 0 spiro atoms. The number of carbonyl (C=O) groups excluding carboxylic acids is 2. The summed E-state index contributed by atoms with van der Waals surface area (Å²) in [5.41, 5.74) is 0.840. The van der Waals surface area contributed by atoms with Crippen LogP contribution in [0.2, 0.25) is 0 Å². The van der Waals surface area contributed by atoms with Crippen LogP contribution in [-0.4, -0.2) is 42.9 Å². The molecule has 0 aliphatic carbocycles. The maximum atomic E-state index is 12.9. The monoisotopic (exact) mass is 337 g/mol. The zero-order chi connectivity index (χ0) is 17.9. The third kappa shape index (κ3) is 7.55. The van der Waals surface area contributed by atoms with Crippen molar-refractivity contribution >= 4 is 11.8 Å². The molecule has 1 unspecified atom stereocenters. The van der Waals surface area contributed by atoms with E-state index in [-0.39, 0.29) is 36.8 Å². The van der Waals surface area contributed by atoms with Gasteiger partial charge in [-0.1, -0.05) is 26.0 Å². The van der Waals surface area contributed by atoms with E-state index in [1.54, 1.807) is 12.1 Å². The van der Waals surface area contributed by atoms with Crippen LogP contribution in [-0.2, 0) is 9.59 Å². The second kappa shape index (κ2) is 10.8. The van der Waals surface area contributed by atoms with E-state index in [9.17, 15) is 14.0 Å². The molecule has 1 atom stereocenters. The third-order valence-electron chi connectivity index (χ3n) is 3.59. The van der Waals surface area contributed by atoms with Crippen molar-refractivity contribution < 1.29 is 14.0 Å². The maximum Gasteiger partial charge on any atom is 0.234 e. The number of amides is 2. The molecule has 2 amide bonds. The topological polar surface area (TPSA) is 61.4 Å². The van der Waals surface area contributed by atoms with E-state index in [4.69, 9.17) is 0 Å². The van der Waals surface area contributed by atoms with Crippen LogP contribution in [0.25, 0.3) is 0 Å². The van der Waals surface area contributed by atoms with Gasteiger partial charge in [0.25, 0.3) is 0 Å². The Labute approximate surface area is 143 Å². The van der Waals surface area contributed by atoms with Crippen LogP contribution in [0, 0.1) is 5.82 Å². The predicted molar refractivity (Wildman–Crippen MR) is 93.0 cm³/mol. The van der Waals surface area contributed by atoms with Crippen molar-refractivity contribution in [3.05, 3.63) is 35.6 Å². The standard InChI is InChI=1S/C18H28FN3O2/c1-4-10-20-17(23)12-22(11-5-2)13-18(24)21-14(3)15-6-8-16(19)9-7-15/h6-9,14H,4-5,10-13H2,1-3H3,(H,20,23)(H,21,24). The summed E-state index contributed by atoms with van der Waals surface area (Å²) in [6.07, 6.45) is 1.75. The van der Waals surface area contributed by atoms with Crippen LogP contribution in [0.1, 0.15) is 45.2 Å². The summed E-state index contributed by atoms with van der Waals surface area (Å²) in [5.74, 6) is -0.516. The minimum Gasteiger partial charge on any atom is -0.355 e. The first-order valence-electron chi connectivity index (χ1n) is 8.50. The Kier molecular flexibility index (Phi) is 9.01. The van der Waals surface area contributed by atoms with Gasteiger partial charge in [0.1, 0.15) is 5.82 Å². The highest BCUT2D eigenvalue weighted by Crippen LogP contribution is 2.12. The zero-order valence-electron chi connectivity index (χ0n) is 14.8. The van der Waals surface area contributed by atoms with E-state index in [1.807, 2.05) is 25.7 Å². The number of nitrogens with one attached hydrogen (secondary N) is 2. The molecule has 2 N–H and O–H groups in total. The van der Waals surface area contributed by atoms with E-state index in [0.29, 0.717) is 13.1 Å². The van der Waals surface area contributed by atoms with Gasteiger partial charge in [0, 0.05) is 6.54 Å². The number of hydrogen-bond donors (Lipinski definition) is 2. The second-order valence-electron chi connectivity index (χ2n) is 5.90. The first-order valence-corrected chi connectivity index (χ1v) is 8.50. The lowest BCUT2D eigenvalue weighted by Gasteiger charge is -2.22. The third-order valence-corrected chi connectivity index (χ3v) is 3.59. The van der Waals surface area contributed by atoms with Gasteiger partial charge < -0.3 is 10.6 Å². The van der Waals surface area contributed by atoms with Gasteiger partial charge in [0.05, 0.1) is 19.1 Å². The lowest BCUT2D eigenvalue weighted by atomic mass is 10.1. The number of carbonyl (C=O) groups is 2. The Morgan fingerprint density at radius 1 is 1.08 bits per heavy atom. The molecule has 0 saturated carbocycles.